The Morgan fingerprint density at radius 1 is 1.56 bits per heavy atom. The van der Waals surface area contributed by atoms with Gasteiger partial charge in [-0.3, -0.25) is 0 Å². The van der Waals surface area contributed by atoms with E-state index in [1.54, 1.807) is 0 Å². The van der Waals surface area contributed by atoms with E-state index in [9.17, 15) is 0 Å². The number of hydrogen-bond donors (Lipinski definition) is 1. The van der Waals surface area contributed by atoms with E-state index in [-0.39, 0.29) is 0 Å². The Kier molecular flexibility index (Phi) is 4.38. The van der Waals surface area contributed by atoms with Crippen LogP contribution in [0.15, 0.2) is 17.5 Å². The number of thiophene rings is 1. The Morgan fingerprint density at radius 3 is 3.06 bits per heavy atom. The second kappa shape index (κ2) is 5.80. The predicted molar refractivity (Wildman–Crippen MR) is 71.1 cm³/mol. The van der Waals surface area contributed by atoms with E-state index in [1.165, 1.54) is 37.4 Å². The van der Waals surface area contributed by atoms with Gasteiger partial charge >= 0.3 is 0 Å². The lowest BCUT2D eigenvalue weighted by atomic mass is 9.94. The lowest BCUT2D eigenvalue weighted by Gasteiger charge is -2.36. The van der Waals surface area contributed by atoms with Crippen LogP contribution in [0.3, 0.4) is 0 Å². The first-order valence-corrected chi connectivity index (χ1v) is 7.09. The van der Waals surface area contributed by atoms with Crippen LogP contribution in [0.5, 0.6) is 0 Å². The number of piperidine rings is 1. The molecule has 0 aliphatic carbocycles. The Hall–Kier alpha value is -0.380. The third-order valence-electron chi connectivity index (χ3n) is 3.61. The van der Waals surface area contributed by atoms with Gasteiger partial charge in [0.15, 0.2) is 0 Å². The van der Waals surface area contributed by atoms with Crippen LogP contribution >= 0.6 is 11.3 Å². The minimum absolute atomic E-state index is 0.720. The first-order chi connectivity index (χ1) is 7.79. The number of likely N-dealkylation sites (tertiary alicyclic amines) is 1. The van der Waals surface area contributed by atoms with Crippen molar-refractivity contribution >= 4 is 11.3 Å². The summed E-state index contributed by atoms with van der Waals surface area (Å²) in [7, 11) is 2.09. The number of rotatable bonds is 4. The van der Waals surface area contributed by atoms with Crippen molar-refractivity contribution in [3.05, 3.63) is 22.4 Å². The van der Waals surface area contributed by atoms with Crippen LogP contribution in [0.4, 0.5) is 0 Å². The fourth-order valence-corrected chi connectivity index (χ4v) is 3.29. The standard InChI is InChI=1S/C13H22N2S/c1-11-10-15(8-6-13(11)14-2)7-5-12-4-3-9-16-12/h3-4,9,11,13-14H,5-8,10H2,1-2H3. The van der Waals surface area contributed by atoms with Gasteiger partial charge in [0.05, 0.1) is 0 Å². The molecule has 1 fully saturated rings. The van der Waals surface area contributed by atoms with E-state index >= 15 is 0 Å². The molecule has 2 unspecified atom stereocenters. The van der Waals surface area contributed by atoms with E-state index in [1.807, 2.05) is 11.3 Å². The van der Waals surface area contributed by atoms with E-state index < -0.39 is 0 Å². The van der Waals surface area contributed by atoms with Crippen LogP contribution in [0.2, 0.25) is 0 Å². The maximum absolute atomic E-state index is 3.42. The highest BCUT2D eigenvalue weighted by Gasteiger charge is 2.24. The molecular weight excluding hydrogens is 216 g/mol. The molecular formula is C13H22N2S. The van der Waals surface area contributed by atoms with Crippen molar-refractivity contribution in [2.45, 2.75) is 25.8 Å². The summed E-state index contributed by atoms with van der Waals surface area (Å²) in [5.74, 6) is 0.780. The summed E-state index contributed by atoms with van der Waals surface area (Å²) in [4.78, 5) is 4.13. The smallest absolute Gasteiger partial charge is 0.0114 e. The number of nitrogens with zero attached hydrogens (tertiary/aromatic N) is 1. The largest absolute Gasteiger partial charge is 0.317 e. The normalized spacial score (nSPS) is 27.1. The molecule has 0 spiro atoms. The molecule has 1 saturated heterocycles. The van der Waals surface area contributed by atoms with Crippen LogP contribution in [0.25, 0.3) is 0 Å². The average Bonchev–Trinajstić information content (AvgIpc) is 2.79. The molecule has 1 aromatic rings. The molecule has 0 saturated carbocycles. The van der Waals surface area contributed by atoms with Crippen LogP contribution < -0.4 is 5.32 Å². The zero-order valence-corrected chi connectivity index (χ0v) is 11.1. The van der Waals surface area contributed by atoms with Crippen molar-refractivity contribution in [2.24, 2.45) is 5.92 Å². The van der Waals surface area contributed by atoms with Crippen LogP contribution in [0, 0.1) is 5.92 Å². The van der Waals surface area contributed by atoms with Crippen molar-refractivity contribution in [3.8, 4) is 0 Å². The third kappa shape index (κ3) is 3.06. The summed E-state index contributed by atoms with van der Waals surface area (Å²) < 4.78 is 0. The predicted octanol–water partition coefficient (Wildman–Crippen LogP) is 2.22. The van der Waals surface area contributed by atoms with Gasteiger partial charge in [-0.1, -0.05) is 13.0 Å². The summed E-state index contributed by atoms with van der Waals surface area (Å²) in [6.07, 6.45) is 2.51. The maximum atomic E-state index is 3.42. The summed E-state index contributed by atoms with van der Waals surface area (Å²) in [5, 5.41) is 5.59. The molecule has 2 heterocycles. The van der Waals surface area contributed by atoms with E-state index in [2.05, 4.69) is 41.7 Å². The van der Waals surface area contributed by atoms with E-state index in [4.69, 9.17) is 0 Å². The fraction of sp³-hybridized carbons (Fsp3) is 0.692. The lowest BCUT2D eigenvalue weighted by molar-refractivity contribution is 0.153. The summed E-state index contributed by atoms with van der Waals surface area (Å²) in [6, 6.07) is 5.11. The molecule has 90 valence electrons. The Bertz CT molecular complexity index is 297. The van der Waals surface area contributed by atoms with Crippen molar-refractivity contribution in [1.82, 2.24) is 10.2 Å². The summed E-state index contributed by atoms with van der Waals surface area (Å²) in [5.41, 5.74) is 0. The highest BCUT2D eigenvalue weighted by molar-refractivity contribution is 7.09. The monoisotopic (exact) mass is 238 g/mol. The number of hydrogen-bond acceptors (Lipinski definition) is 3. The second-order valence-electron chi connectivity index (χ2n) is 4.79. The van der Waals surface area contributed by atoms with Gasteiger partial charge in [0.1, 0.15) is 0 Å². The van der Waals surface area contributed by atoms with Gasteiger partial charge in [0, 0.05) is 24.0 Å². The van der Waals surface area contributed by atoms with Crippen molar-refractivity contribution < 1.29 is 0 Å². The van der Waals surface area contributed by atoms with E-state index in [0.29, 0.717) is 0 Å². The first-order valence-electron chi connectivity index (χ1n) is 6.21. The van der Waals surface area contributed by atoms with Gasteiger partial charge in [-0.25, -0.2) is 0 Å². The fourth-order valence-electron chi connectivity index (χ4n) is 2.59. The molecule has 2 rings (SSSR count). The minimum Gasteiger partial charge on any atom is -0.317 e. The summed E-state index contributed by atoms with van der Waals surface area (Å²) in [6.45, 7) is 6.08. The Balaban J connectivity index is 1.75. The second-order valence-corrected chi connectivity index (χ2v) is 5.82. The molecule has 2 nitrogen and oxygen atoms in total. The molecule has 16 heavy (non-hydrogen) atoms. The zero-order valence-electron chi connectivity index (χ0n) is 10.3. The summed E-state index contributed by atoms with van der Waals surface area (Å²) >= 11 is 1.88. The SMILES string of the molecule is CNC1CCN(CCc2cccs2)CC1C. The van der Waals surface area contributed by atoms with Crippen molar-refractivity contribution in [2.75, 3.05) is 26.7 Å². The van der Waals surface area contributed by atoms with Gasteiger partial charge in [-0.05, 0) is 43.8 Å². The quantitative estimate of drug-likeness (QED) is 0.865. The maximum Gasteiger partial charge on any atom is 0.0114 e. The van der Waals surface area contributed by atoms with Crippen molar-refractivity contribution in [3.63, 3.8) is 0 Å². The topological polar surface area (TPSA) is 15.3 Å². The van der Waals surface area contributed by atoms with Gasteiger partial charge < -0.3 is 10.2 Å². The first kappa shape index (κ1) is 12.1. The van der Waals surface area contributed by atoms with Gasteiger partial charge in [-0.15, -0.1) is 11.3 Å². The lowest BCUT2D eigenvalue weighted by Crippen LogP contribution is -2.47. The van der Waals surface area contributed by atoms with Gasteiger partial charge in [-0.2, -0.15) is 0 Å². The van der Waals surface area contributed by atoms with Crippen LogP contribution in [0.1, 0.15) is 18.2 Å². The molecule has 0 bridgehead atoms. The van der Waals surface area contributed by atoms with Gasteiger partial charge in [0.25, 0.3) is 0 Å². The molecule has 1 aliphatic rings. The van der Waals surface area contributed by atoms with Crippen LogP contribution in [-0.2, 0) is 6.42 Å². The molecule has 0 radical (unpaired) electrons. The molecule has 2 atom stereocenters. The molecule has 1 aliphatic heterocycles. The van der Waals surface area contributed by atoms with Crippen molar-refractivity contribution in [1.29, 1.82) is 0 Å². The van der Waals surface area contributed by atoms with E-state index in [0.717, 1.165) is 12.0 Å². The zero-order chi connectivity index (χ0) is 11.4. The molecule has 3 heteroatoms. The Labute approximate surface area is 103 Å². The highest BCUT2D eigenvalue weighted by Crippen LogP contribution is 2.17. The molecule has 0 amide bonds. The highest BCUT2D eigenvalue weighted by atomic mass is 32.1. The molecule has 0 aromatic carbocycles. The van der Waals surface area contributed by atoms with Gasteiger partial charge in [0.2, 0.25) is 0 Å². The Morgan fingerprint density at radius 2 is 2.44 bits per heavy atom. The number of nitrogens with one attached hydrogen (secondary N) is 1. The average molecular weight is 238 g/mol. The molecule has 1 N–H and O–H groups in total. The minimum atomic E-state index is 0.720. The third-order valence-corrected chi connectivity index (χ3v) is 4.55. The van der Waals surface area contributed by atoms with Crippen LogP contribution in [-0.4, -0.2) is 37.6 Å². The molecule has 1 aromatic heterocycles.